The molecule has 1 rings (SSSR count). The van der Waals surface area contributed by atoms with E-state index in [1.807, 2.05) is 0 Å². The Morgan fingerprint density at radius 1 is 1.20 bits per heavy atom. The summed E-state index contributed by atoms with van der Waals surface area (Å²) in [6, 6.07) is 2.43. The molecule has 2 N–H and O–H groups in total. The first-order valence-electron chi connectivity index (χ1n) is 6.60. The number of nitrogens with one attached hydrogen (secondary N) is 2. The molecule has 1 aromatic rings. The largest absolute Gasteiger partial charge is 0.453 e. The van der Waals surface area contributed by atoms with Gasteiger partial charge < -0.3 is 9.47 Å². The van der Waals surface area contributed by atoms with Crippen LogP contribution in [-0.4, -0.2) is 46.1 Å². The molecule has 2 amide bonds. The van der Waals surface area contributed by atoms with E-state index in [1.165, 1.54) is 0 Å². The number of ether oxygens (including phenoxy) is 2. The normalized spacial score (nSPS) is 12.2. The Balaban J connectivity index is 2.67. The molecular weight excluding hydrogens is 366 g/mol. The molecule has 138 valence electrons. The third kappa shape index (κ3) is 5.76. The number of esters is 1. The zero-order valence-electron chi connectivity index (χ0n) is 13.0. The lowest BCUT2D eigenvalue weighted by atomic mass is 10.3. The Hall–Kier alpha value is -2.60. The van der Waals surface area contributed by atoms with Gasteiger partial charge in [0.2, 0.25) is 10.0 Å². The van der Waals surface area contributed by atoms with Gasteiger partial charge in [0.25, 0.3) is 5.91 Å². The number of rotatable bonds is 6. The molecule has 0 aliphatic rings. The van der Waals surface area contributed by atoms with E-state index in [-0.39, 0.29) is 0 Å². The number of methoxy groups -OCH3 is 1. The Labute approximate surface area is 141 Å². The van der Waals surface area contributed by atoms with Gasteiger partial charge in [-0.05, 0) is 19.1 Å². The number of benzene rings is 1. The molecular formula is C13H14F2N2O7S. The van der Waals surface area contributed by atoms with Gasteiger partial charge in [0.05, 0.1) is 7.11 Å². The Kier molecular flexibility index (Phi) is 6.94. The van der Waals surface area contributed by atoms with Crippen LogP contribution in [0.5, 0.6) is 0 Å². The highest BCUT2D eigenvalue weighted by Crippen LogP contribution is 2.17. The third-order valence-corrected chi connectivity index (χ3v) is 4.13. The first-order chi connectivity index (χ1) is 11.6. The molecule has 0 bridgehead atoms. The topological polar surface area (TPSA) is 128 Å². The fourth-order valence-electron chi connectivity index (χ4n) is 1.51. The molecule has 9 nitrogen and oxygen atoms in total. The highest BCUT2D eigenvalue weighted by molar-refractivity contribution is 7.89. The van der Waals surface area contributed by atoms with Crippen molar-refractivity contribution in [3.05, 3.63) is 29.8 Å². The van der Waals surface area contributed by atoms with E-state index in [4.69, 9.17) is 0 Å². The van der Waals surface area contributed by atoms with Gasteiger partial charge in [-0.2, -0.15) is 4.72 Å². The summed E-state index contributed by atoms with van der Waals surface area (Å²) in [4.78, 5) is 32.5. The van der Waals surface area contributed by atoms with E-state index in [0.717, 1.165) is 32.2 Å². The maximum absolute atomic E-state index is 13.5. The highest BCUT2D eigenvalue weighted by Gasteiger charge is 2.26. The molecule has 0 aliphatic carbocycles. The fourth-order valence-corrected chi connectivity index (χ4v) is 2.61. The van der Waals surface area contributed by atoms with Crippen molar-refractivity contribution in [2.24, 2.45) is 0 Å². The van der Waals surface area contributed by atoms with Crippen LogP contribution in [0.25, 0.3) is 0 Å². The zero-order valence-corrected chi connectivity index (χ0v) is 13.9. The third-order valence-electron chi connectivity index (χ3n) is 2.68. The van der Waals surface area contributed by atoms with Gasteiger partial charge in [-0.15, -0.1) is 0 Å². The highest BCUT2D eigenvalue weighted by atomic mass is 32.2. The van der Waals surface area contributed by atoms with Crippen LogP contribution in [0.3, 0.4) is 0 Å². The van der Waals surface area contributed by atoms with Crippen molar-refractivity contribution < 1.29 is 41.1 Å². The molecule has 1 atom stereocenters. The fraction of sp³-hybridized carbons (Fsp3) is 0.308. The summed E-state index contributed by atoms with van der Waals surface area (Å²) < 4.78 is 61.0. The van der Waals surface area contributed by atoms with Crippen LogP contribution in [0.15, 0.2) is 23.1 Å². The summed E-state index contributed by atoms with van der Waals surface area (Å²) in [5.41, 5.74) is 0. The van der Waals surface area contributed by atoms with E-state index >= 15 is 0 Å². The van der Waals surface area contributed by atoms with Gasteiger partial charge in [0.1, 0.15) is 18.2 Å². The number of halogens is 2. The van der Waals surface area contributed by atoms with E-state index in [0.29, 0.717) is 0 Å². The van der Waals surface area contributed by atoms with Crippen LogP contribution < -0.4 is 10.0 Å². The predicted molar refractivity (Wildman–Crippen MR) is 77.6 cm³/mol. The average Bonchev–Trinajstić information content (AvgIpc) is 2.52. The van der Waals surface area contributed by atoms with Crippen LogP contribution in [-0.2, 0) is 29.1 Å². The van der Waals surface area contributed by atoms with Gasteiger partial charge in [0, 0.05) is 0 Å². The van der Waals surface area contributed by atoms with Crippen LogP contribution in [0.1, 0.15) is 6.92 Å². The van der Waals surface area contributed by atoms with Gasteiger partial charge in [-0.1, -0.05) is 6.07 Å². The molecule has 1 aromatic carbocycles. The molecule has 0 unspecified atom stereocenters. The summed E-state index contributed by atoms with van der Waals surface area (Å²) in [5, 5.41) is 1.73. The lowest BCUT2D eigenvalue weighted by molar-refractivity contribution is -0.153. The first kappa shape index (κ1) is 20.4. The second-order valence-electron chi connectivity index (χ2n) is 4.49. The van der Waals surface area contributed by atoms with Crippen molar-refractivity contribution in [3.63, 3.8) is 0 Å². The molecule has 0 radical (unpaired) electrons. The van der Waals surface area contributed by atoms with Crippen molar-refractivity contribution in [1.82, 2.24) is 10.0 Å². The number of carbonyl (C=O) groups is 3. The molecule has 0 saturated carbocycles. The van der Waals surface area contributed by atoms with Crippen LogP contribution in [0.4, 0.5) is 13.6 Å². The minimum atomic E-state index is -4.67. The van der Waals surface area contributed by atoms with E-state index in [2.05, 4.69) is 9.47 Å². The molecule has 0 aliphatic heterocycles. The summed E-state index contributed by atoms with van der Waals surface area (Å²) in [5.74, 6) is -4.91. The van der Waals surface area contributed by atoms with Crippen molar-refractivity contribution in [2.75, 3.05) is 13.7 Å². The molecule has 0 heterocycles. The summed E-state index contributed by atoms with van der Waals surface area (Å²) >= 11 is 0. The van der Waals surface area contributed by atoms with E-state index < -0.39 is 57.2 Å². The Morgan fingerprint density at radius 3 is 2.28 bits per heavy atom. The number of alkyl carbamates (subject to hydrolysis) is 1. The van der Waals surface area contributed by atoms with Crippen LogP contribution in [0, 0.1) is 11.6 Å². The smallest absolute Gasteiger partial charge is 0.413 e. The lowest BCUT2D eigenvalue weighted by Gasteiger charge is -2.13. The van der Waals surface area contributed by atoms with Crippen molar-refractivity contribution in [2.45, 2.75) is 17.9 Å². The zero-order chi connectivity index (χ0) is 19.2. The summed E-state index contributed by atoms with van der Waals surface area (Å²) in [6.07, 6.45) is -2.52. The van der Waals surface area contributed by atoms with Gasteiger partial charge >= 0.3 is 12.1 Å². The van der Waals surface area contributed by atoms with Gasteiger partial charge in [-0.3, -0.25) is 14.9 Å². The molecule has 0 aromatic heterocycles. The van der Waals surface area contributed by atoms with Crippen molar-refractivity contribution >= 4 is 28.0 Å². The van der Waals surface area contributed by atoms with E-state index in [1.54, 1.807) is 10.0 Å². The number of carbonyl (C=O) groups excluding carboxylic acids is 3. The maximum Gasteiger partial charge on any atom is 0.413 e. The molecule has 0 saturated heterocycles. The van der Waals surface area contributed by atoms with Crippen LogP contribution >= 0.6 is 0 Å². The number of imide groups is 1. The molecule has 25 heavy (non-hydrogen) atoms. The SMILES string of the molecule is COC(=O)NC(=O)[C@@H](C)OC(=O)CNS(=O)(=O)c1c(F)cccc1F. The quantitative estimate of drug-likeness (QED) is 0.668. The number of sulfonamides is 1. The minimum absolute atomic E-state index is 0.731. The summed E-state index contributed by atoms with van der Waals surface area (Å²) in [6.45, 7) is 0.118. The van der Waals surface area contributed by atoms with Crippen LogP contribution in [0.2, 0.25) is 0 Å². The standard InChI is InChI=1S/C13H14F2N2O7S/c1-7(12(19)17-13(20)23-2)24-10(18)6-16-25(21,22)11-8(14)4-3-5-9(11)15/h3-5,7,16H,6H2,1-2H3,(H,17,19,20)/t7-/m1/s1. The van der Waals surface area contributed by atoms with Gasteiger partial charge in [-0.25, -0.2) is 22.0 Å². The number of amides is 2. The maximum atomic E-state index is 13.5. The summed E-state index contributed by atoms with van der Waals surface area (Å²) in [7, 11) is -3.66. The van der Waals surface area contributed by atoms with Crippen molar-refractivity contribution in [3.8, 4) is 0 Å². The molecule has 0 fully saturated rings. The average molecular weight is 380 g/mol. The predicted octanol–water partition coefficient (Wildman–Crippen LogP) is 0.0574. The Bertz CT molecular complexity index is 762. The van der Waals surface area contributed by atoms with Crippen molar-refractivity contribution in [1.29, 1.82) is 0 Å². The van der Waals surface area contributed by atoms with E-state index in [9.17, 15) is 31.6 Å². The molecule has 12 heteroatoms. The second kappa shape index (κ2) is 8.48. The first-order valence-corrected chi connectivity index (χ1v) is 8.08. The number of hydrogen-bond donors (Lipinski definition) is 2. The Morgan fingerprint density at radius 2 is 1.76 bits per heavy atom. The number of hydrogen-bond acceptors (Lipinski definition) is 7. The minimum Gasteiger partial charge on any atom is -0.453 e. The molecule has 0 spiro atoms. The second-order valence-corrected chi connectivity index (χ2v) is 6.19. The monoisotopic (exact) mass is 380 g/mol. The van der Waals surface area contributed by atoms with Gasteiger partial charge in [0.15, 0.2) is 11.0 Å². The lowest BCUT2D eigenvalue weighted by Crippen LogP contribution is -2.41.